The monoisotopic (exact) mass is 215 g/mol. The highest BCUT2D eigenvalue weighted by Gasteiger charge is 2.09. The average Bonchev–Trinajstić information content (AvgIpc) is 2.64. The molecule has 3 heteroatoms. The van der Waals surface area contributed by atoms with Crippen molar-refractivity contribution >= 4 is 0 Å². The molecule has 0 aliphatic heterocycles. The fourth-order valence-electron chi connectivity index (χ4n) is 2.24. The van der Waals surface area contributed by atoms with Gasteiger partial charge in [0.05, 0.1) is 12.2 Å². The second-order valence-electron chi connectivity index (χ2n) is 4.16. The number of hydrogen-bond acceptors (Lipinski definition) is 2. The number of hydrogen-bond donors (Lipinski definition) is 1. The van der Waals surface area contributed by atoms with Gasteiger partial charge in [0.1, 0.15) is 5.82 Å². The van der Waals surface area contributed by atoms with Crippen LogP contribution in [0.2, 0.25) is 0 Å². The van der Waals surface area contributed by atoms with Gasteiger partial charge in [-0.2, -0.15) is 0 Å². The highest BCUT2D eigenvalue weighted by Crippen LogP contribution is 2.21. The van der Waals surface area contributed by atoms with Gasteiger partial charge in [0.15, 0.2) is 0 Å². The van der Waals surface area contributed by atoms with Crippen LogP contribution in [0.5, 0.6) is 0 Å². The molecule has 0 aliphatic rings. The molecule has 1 heterocycles. The van der Waals surface area contributed by atoms with Gasteiger partial charge in [-0.25, -0.2) is 4.98 Å². The Kier molecular flexibility index (Phi) is 2.79. The smallest absolute Gasteiger partial charge is 0.126 e. The van der Waals surface area contributed by atoms with E-state index in [2.05, 4.69) is 42.5 Å². The van der Waals surface area contributed by atoms with E-state index < -0.39 is 0 Å². The summed E-state index contributed by atoms with van der Waals surface area (Å²) in [7, 11) is 0. The Bertz CT molecular complexity index is 489. The lowest BCUT2D eigenvalue weighted by molar-refractivity contribution is 0.858. The maximum Gasteiger partial charge on any atom is 0.126 e. The van der Waals surface area contributed by atoms with Gasteiger partial charge >= 0.3 is 0 Å². The second-order valence-corrected chi connectivity index (χ2v) is 4.16. The largest absolute Gasteiger partial charge is 0.324 e. The van der Waals surface area contributed by atoms with E-state index in [1.807, 2.05) is 6.20 Å². The summed E-state index contributed by atoms with van der Waals surface area (Å²) in [5.74, 6) is 0.898. The Morgan fingerprint density at radius 3 is 2.38 bits per heavy atom. The van der Waals surface area contributed by atoms with Crippen molar-refractivity contribution in [2.45, 2.75) is 27.3 Å². The zero-order chi connectivity index (χ0) is 11.7. The lowest BCUT2D eigenvalue weighted by atomic mass is 10.0. The summed E-state index contributed by atoms with van der Waals surface area (Å²) in [4.78, 5) is 4.25. The van der Waals surface area contributed by atoms with E-state index in [-0.39, 0.29) is 0 Å². The third-order valence-electron chi connectivity index (χ3n) is 2.78. The Balaban J connectivity index is 2.64. The molecule has 0 saturated heterocycles. The second kappa shape index (κ2) is 4.10. The molecule has 0 fully saturated rings. The van der Waals surface area contributed by atoms with Crippen LogP contribution < -0.4 is 5.73 Å². The molecule has 0 amide bonds. The predicted octanol–water partition coefficient (Wildman–Crippen LogP) is 2.26. The quantitative estimate of drug-likeness (QED) is 0.835. The summed E-state index contributed by atoms with van der Waals surface area (Å²) in [6.07, 6.45) is 3.76. The molecule has 3 nitrogen and oxygen atoms in total. The molecule has 84 valence electrons. The first-order chi connectivity index (χ1) is 7.63. The molecule has 0 atom stereocenters. The maximum atomic E-state index is 5.68. The molecule has 0 saturated carbocycles. The molecule has 0 aliphatic carbocycles. The highest BCUT2D eigenvalue weighted by atomic mass is 15.1. The zero-order valence-corrected chi connectivity index (χ0v) is 9.99. The lowest BCUT2D eigenvalue weighted by Gasteiger charge is -2.14. The minimum absolute atomic E-state index is 0.458. The van der Waals surface area contributed by atoms with Crippen molar-refractivity contribution in [1.82, 2.24) is 9.55 Å². The van der Waals surface area contributed by atoms with Crippen molar-refractivity contribution in [2.24, 2.45) is 5.73 Å². The third-order valence-corrected chi connectivity index (χ3v) is 2.78. The van der Waals surface area contributed by atoms with Gasteiger partial charge in [0.25, 0.3) is 0 Å². The Morgan fingerprint density at radius 2 is 1.81 bits per heavy atom. The van der Waals surface area contributed by atoms with Crippen LogP contribution in [0.25, 0.3) is 5.69 Å². The standard InChI is InChI=1S/C13H17N3/c1-9-6-10(2)13(11(3)7-9)16-5-4-15-12(16)8-14/h4-7H,8,14H2,1-3H3. The molecular weight excluding hydrogens is 198 g/mol. The molecular formula is C13H17N3. The summed E-state index contributed by atoms with van der Waals surface area (Å²) < 4.78 is 2.07. The Hall–Kier alpha value is -1.61. The third kappa shape index (κ3) is 1.74. The fraction of sp³-hybridized carbons (Fsp3) is 0.308. The van der Waals surface area contributed by atoms with Gasteiger partial charge in [-0.15, -0.1) is 0 Å². The van der Waals surface area contributed by atoms with E-state index in [4.69, 9.17) is 5.73 Å². The van der Waals surface area contributed by atoms with Crippen molar-refractivity contribution in [2.75, 3.05) is 0 Å². The van der Waals surface area contributed by atoms with Crippen LogP contribution in [0.4, 0.5) is 0 Å². The molecule has 0 bridgehead atoms. The molecule has 2 rings (SSSR count). The maximum absolute atomic E-state index is 5.68. The number of nitrogens with zero attached hydrogens (tertiary/aromatic N) is 2. The molecule has 16 heavy (non-hydrogen) atoms. The molecule has 0 radical (unpaired) electrons. The lowest BCUT2D eigenvalue weighted by Crippen LogP contribution is -2.08. The van der Waals surface area contributed by atoms with Crippen molar-refractivity contribution in [1.29, 1.82) is 0 Å². The Labute approximate surface area is 95.9 Å². The summed E-state index contributed by atoms with van der Waals surface area (Å²) in [5.41, 5.74) is 10.7. The summed E-state index contributed by atoms with van der Waals surface area (Å²) >= 11 is 0. The van der Waals surface area contributed by atoms with Crippen molar-refractivity contribution in [3.8, 4) is 5.69 Å². The van der Waals surface area contributed by atoms with Gasteiger partial charge in [-0.1, -0.05) is 17.7 Å². The summed E-state index contributed by atoms with van der Waals surface area (Å²) in [6.45, 7) is 6.81. The van der Waals surface area contributed by atoms with Crippen molar-refractivity contribution in [3.05, 3.63) is 47.0 Å². The SMILES string of the molecule is Cc1cc(C)c(-n2ccnc2CN)c(C)c1. The van der Waals surface area contributed by atoms with Gasteiger partial charge in [-0.3, -0.25) is 0 Å². The summed E-state index contributed by atoms with van der Waals surface area (Å²) in [5, 5.41) is 0. The minimum atomic E-state index is 0.458. The van der Waals surface area contributed by atoms with Crippen LogP contribution in [0.3, 0.4) is 0 Å². The number of imidazole rings is 1. The van der Waals surface area contributed by atoms with E-state index in [0.717, 1.165) is 5.82 Å². The zero-order valence-electron chi connectivity index (χ0n) is 9.99. The van der Waals surface area contributed by atoms with Crippen LogP contribution in [0, 0.1) is 20.8 Å². The van der Waals surface area contributed by atoms with Gasteiger partial charge in [0, 0.05) is 12.4 Å². The van der Waals surface area contributed by atoms with E-state index in [1.165, 1.54) is 22.4 Å². The number of rotatable bonds is 2. The van der Waals surface area contributed by atoms with E-state index in [1.54, 1.807) is 6.20 Å². The van der Waals surface area contributed by atoms with Crippen molar-refractivity contribution in [3.63, 3.8) is 0 Å². The van der Waals surface area contributed by atoms with Crippen LogP contribution in [-0.4, -0.2) is 9.55 Å². The fourth-order valence-corrected chi connectivity index (χ4v) is 2.24. The van der Waals surface area contributed by atoms with Gasteiger partial charge in [-0.05, 0) is 31.9 Å². The van der Waals surface area contributed by atoms with Crippen molar-refractivity contribution < 1.29 is 0 Å². The number of nitrogens with two attached hydrogens (primary N) is 1. The normalized spacial score (nSPS) is 10.8. The van der Waals surface area contributed by atoms with E-state index in [9.17, 15) is 0 Å². The molecule has 2 N–H and O–H groups in total. The highest BCUT2D eigenvalue weighted by molar-refractivity contribution is 5.49. The first-order valence-electron chi connectivity index (χ1n) is 5.44. The van der Waals surface area contributed by atoms with E-state index >= 15 is 0 Å². The van der Waals surface area contributed by atoms with E-state index in [0.29, 0.717) is 6.54 Å². The first-order valence-corrected chi connectivity index (χ1v) is 5.44. The predicted molar refractivity (Wildman–Crippen MR) is 65.7 cm³/mol. The van der Waals surface area contributed by atoms with Crippen LogP contribution >= 0.6 is 0 Å². The van der Waals surface area contributed by atoms with Crippen LogP contribution in [-0.2, 0) is 6.54 Å². The molecule has 1 aromatic carbocycles. The average molecular weight is 215 g/mol. The summed E-state index contributed by atoms with van der Waals surface area (Å²) in [6, 6.07) is 4.37. The molecule has 1 aromatic heterocycles. The molecule has 2 aromatic rings. The molecule has 0 spiro atoms. The van der Waals surface area contributed by atoms with Crippen LogP contribution in [0.15, 0.2) is 24.5 Å². The number of aromatic nitrogens is 2. The Morgan fingerprint density at radius 1 is 1.19 bits per heavy atom. The van der Waals surface area contributed by atoms with Gasteiger partial charge < -0.3 is 10.3 Å². The number of aryl methyl sites for hydroxylation is 3. The number of benzene rings is 1. The minimum Gasteiger partial charge on any atom is -0.324 e. The first kappa shape index (κ1) is 10.9. The molecule has 0 unspecified atom stereocenters. The van der Waals surface area contributed by atoms with Crippen LogP contribution in [0.1, 0.15) is 22.5 Å². The topological polar surface area (TPSA) is 43.8 Å². The van der Waals surface area contributed by atoms with Gasteiger partial charge in [0.2, 0.25) is 0 Å².